The van der Waals surface area contributed by atoms with E-state index >= 15 is 0 Å². The van der Waals surface area contributed by atoms with Gasteiger partial charge in [-0.15, -0.1) is 13.2 Å². The number of hydrogen-bond donors (Lipinski definition) is 2. The van der Waals surface area contributed by atoms with Crippen LogP contribution in [-0.2, 0) is 4.79 Å². The van der Waals surface area contributed by atoms with Crippen LogP contribution in [0.4, 0.5) is 18.9 Å². The molecule has 0 spiro atoms. The summed E-state index contributed by atoms with van der Waals surface area (Å²) in [7, 11) is 2.89. The molecule has 2 N–H and O–H groups in total. The van der Waals surface area contributed by atoms with Gasteiger partial charge in [0.25, 0.3) is 11.8 Å². The van der Waals surface area contributed by atoms with Crippen LogP contribution in [0.15, 0.2) is 78.5 Å². The molecule has 0 saturated heterocycles. The number of anilines is 1. The van der Waals surface area contributed by atoms with Crippen molar-refractivity contribution in [3.05, 3.63) is 89.6 Å². The summed E-state index contributed by atoms with van der Waals surface area (Å²) >= 11 is 0. The molecule has 3 aromatic carbocycles. The summed E-state index contributed by atoms with van der Waals surface area (Å²) in [5, 5.41) is 5.12. The van der Waals surface area contributed by atoms with Gasteiger partial charge in [0.15, 0.2) is 11.5 Å². The zero-order valence-electron chi connectivity index (χ0n) is 18.7. The largest absolute Gasteiger partial charge is 0.573 e. The third kappa shape index (κ3) is 7.00. The highest BCUT2D eigenvalue weighted by Gasteiger charge is 2.31. The number of ether oxygens (including phenoxy) is 3. The van der Waals surface area contributed by atoms with E-state index in [1.54, 1.807) is 48.5 Å². The summed E-state index contributed by atoms with van der Waals surface area (Å²) in [4.78, 5) is 25.8. The molecule has 0 atom stereocenters. The van der Waals surface area contributed by atoms with Crippen molar-refractivity contribution in [2.75, 3.05) is 19.5 Å². The summed E-state index contributed by atoms with van der Waals surface area (Å²) in [6.45, 7) is 0. The van der Waals surface area contributed by atoms with Crippen LogP contribution < -0.4 is 24.8 Å². The van der Waals surface area contributed by atoms with Crippen molar-refractivity contribution < 1.29 is 37.0 Å². The summed E-state index contributed by atoms with van der Waals surface area (Å²) in [6.07, 6.45) is -3.43. The SMILES string of the molecule is COc1cccc(C=C(NC(=O)c2ccccc2)C(=O)Nc2ccc(OC(F)(F)F)cc2)c1OC. The number of carbonyl (C=O) groups excluding carboxylic acids is 2. The summed E-state index contributed by atoms with van der Waals surface area (Å²) in [6, 6.07) is 17.8. The number of amides is 2. The maximum atomic E-state index is 13.1. The van der Waals surface area contributed by atoms with E-state index in [0.29, 0.717) is 22.6 Å². The predicted octanol–water partition coefficient (Wildman–Crippen LogP) is 5.01. The van der Waals surface area contributed by atoms with Gasteiger partial charge in [-0.2, -0.15) is 0 Å². The molecule has 3 rings (SSSR count). The first-order chi connectivity index (χ1) is 16.7. The standard InChI is InChI=1S/C25H21F3N2O5/c1-33-21-10-6-9-17(22(21)34-2)15-20(30-23(31)16-7-4-3-5-8-16)24(32)29-18-11-13-19(14-12-18)35-25(26,27)28/h3-15H,1-2H3,(H,29,32)(H,30,31). The number of carbonyl (C=O) groups is 2. The normalized spacial score (nSPS) is 11.4. The molecule has 0 bridgehead atoms. The third-order valence-electron chi connectivity index (χ3n) is 4.61. The number of benzene rings is 3. The Morgan fingerprint density at radius 3 is 2.14 bits per heavy atom. The minimum Gasteiger partial charge on any atom is -0.493 e. The van der Waals surface area contributed by atoms with Crippen LogP contribution in [0.25, 0.3) is 6.08 Å². The lowest BCUT2D eigenvalue weighted by Gasteiger charge is -2.14. The lowest BCUT2D eigenvalue weighted by atomic mass is 10.1. The van der Waals surface area contributed by atoms with Crippen LogP contribution in [0.3, 0.4) is 0 Å². The van der Waals surface area contributed by atoms with Gasteiger partial charge in [0.05, 0.1) is 14.2 Å². The Labute approximate surface area is 199 Å². The Bertz CT molecular complexity index is 1210. The van der Waals surface area contributed by atoms with Crippen LogP contribution in [0, 0.1) is 0 Å². The fourth-order valence-electron chi connectivity index (χ4n) is 3.06. The molecule has 7 nitrogen and oxygen atoms in total. The van der Waals surface area contributed by atoms with Crippen molar-refractivity contribution in [2.45, 2.75) is 6.36 Å². The minimum atomic E-state index is -4.84. The molecule has 0 aliphatic carbocycles. The number of hydrogen-bond acceptors (Lipinski definition) is 5. The van der Waals surface area contributed by atoms with Gasteiger partial charge >= 0.3 is 6.36 Å². The van der Waals surface area contributed by atoms with E-state index in [4.69, 9.17) is 9.47 Å². The van der Waals surface area contributed by atoms with E-state index in [9.17, 15) is 22.8 Å². The number of para-hydroxylation sites is 1. The van der Waals surface area contributed by atoms with Gasteiger partial charge in [0.1, 0.15) is 11.4 Å². The van der Waals surface area contributed by atoms with Crippen molar-refractivity contribution in [3.63, 3.8) is 0 Å². The Kier molecular flexibility index (Phi) is 7.98. The van der Waals surface area contributed by atoms with E-state index in [-0.39, 0.29) is 11.4 Å². The molecule has 0 radical (unpaired) electrons. The van der Waals surface area contributed by atoms with E-state index < -0.39 is 23.9 Å². The van der Waals surface area contributed by atoms with Crippen LogP contribution in [0.1, 0.15) is 15.9 Å². The van der Waals surface area contributed by atoms with Gasteiger partial charge in [-0.25, -0.2) is 0 Å². The quantitative estimate of drug-likeness (QED) is 0.437. The fraction of sp³-hybridized carbons (Fsp3) is 0.120. The molecule has 0 heterocycles. The minimum absolute atomic E-state index is 0.138. The van der Waals surface area contributed by atoms with Gasteiger partial charge in [-0.3, -0.25) is 9.59 Å². The van der Waals surface area contributed by atoms with Gasteiger partial charge in [-0.05, 0) is 48.5 Å². The average molecular weight is 486 g/mol. The second kappa shape index (κ2) is 11.1. The highest BCUT2D eigenvalue weighted by Crippen LogP contribution is 2.32. The van der Waals surface area contributed by atoms with Crippen LogP contribution >= 0.6 is 0 Å². The van der Waals surface area contributed by atoms with Gasteiger partial charge < -0.3 is 24.8 Å². The van der Waals surface area contributed by atoms with Crippen molar-refractivity contribution in [1.82, 2.24) is 5.32 Å². The molecule has 182 valence electrons. The lowest BCUT2D eigenvalue weighted by molar-refractivity contribution is -0.274. The average Bonchev–Trinajstić information content (AvgIpc) is 2.84. The Balaban J connectivity index is 1.91. The van der Waals surface area contributed by atoms with Crippen molar-refractivity contribution >= 4 is 23.6 Å². The molecule has 0 unspecified atom stereocenters. The number of methoxy groups -OCH3 is 2. The molecule has 0 saturated carbocycles. The number of halogens is 3. The van der Waals surface area contributed by atoms with Crippen LogP contribution in [-0.4, -0.2) is 32.4 Å². The third-order valence-corrected chi connectivity index (χ3v) is 4.61. The van der Waals surface area contributed by atoms with Crippen LogP contribution in [0.5, 0.6) is 17.2 Å². The van der Waals surface area contributed by atoms with Crippen LogP contribution in [0.2, 0.25) is 0 Å². The zero-order chi connectivity index (χ0) is 25.4. The molecule has 2 amide bonds. The molecule has 0 aromatic heterocycles. The van der Waals surface area contributed by atoms with Crippen molar-refractivity contribution in [2.24, 2.45) is 0 Å². The van der Waals surface area contributed by atoms with E-state index in [0.717, 1.165) is 12.1 Å². The van der Waals surface area contributed by atoms with Gasteiger partial charge in [0, 0.05) is 16.8 Å². The highest BCUT2D eigenvalue weighted by atomic mass is 19.4. The smallest absolute Gasteiger partial charge is 0.493 e. The Morgan fingerprint density at radius 2 is 1.54 bits per heavy atom. The molecule has 0 aliphatic heterocycles. The topological polar surface area (TPSA) is 85.9 Å². The van der Waals surface area contributed by atoms with Gasteiger partial charge in [-0.1, -0.05) is 30.3 Å². The van der Waals surface area contributed by atoms with Gasteiger partial charge in [0.2, 0.25) is 0 Å². The number of nitrogens with one attached hydrogen (secondary N) is 2. The number of rotatable bonds is 8. The van der Waals surface area contributed by atoms with E-state index in [2.05, 4.69) is 15.4 Å². The predicted molar refractivity (Wildman–Crippen MR) is 123 cm³/mol. The van der Waals surface area contributed by atoms with E-state index in [1.807, 2.05) is 0 Å². The molecular formula is C25H21F3N2O5. The summed E-state index contributed by atoms with van der Waals surface area (Å²) in [5.41, 5.74) is 0.805. The Morgan fingerprint density at radius 1 is 0.857 bits per heavy atom. The fourth-order valence-corrected chi connectivity index (χ4v) is 3.06. The van der Waals surface area contributed by atoms with Crippen molar-refractivity contribution in [1.29, 1.82) is 0 Å². The summed E-state index contributed by atoms with van der Waals surface area (Å²) < 4.78 is 51.6. The van der Waals surface area contributed by atoms with E-state index in [1.165, 1.54) is 32.4 Å². The molecule has 0 fully saturated rings. The summed E-state index contributed by atoms with van der Waals surface area (Å²) in [5.74, 6) is -0.949. The molecule has 35 heavy (non-hydrogen) atoms. The maximum Gasteiger partial charge on any atom is 0.573 e. The highest BCUT2D eigenvalue weighted by molar-refractivity contribution is 6.10. The zero-order valence-corrected chi connectivity index (χ0v) is 18.7. The first-order valence-electron chi connectivity index (χ1n) is 10.2. The second-order valence-corrected chi connectivity index (χ2v) is 6.99. The Hall–Kier alpha value is -4.47. The second-order valence-electron chi connectivity index (χ2n) is 6.99. The molecular weight excluding hydrogens is 465 g/mol. The first kappa shape index (κ1) is 25.2. The van der Waals surface area contributed by atoms with Crippen molar-refractivity contribution in [3.8, 4) is 17.2 Å². The maximum absolute atomic E-state index is 13.1. The molecule has 0 aliphatic rings. The molecule has 3 aromatic rings. The first-order valence-corrected chi connectivity index (χ1v) is 10.2. The monoisotopic (exact) mass is 486 g/mol. The lowest BCUT2D eigenvalue weighted by Crippen LogP contribution is -2.30. The molecule has 10 heteroatoms. The number of alkyl halides is 3.